The Labute approximate surface area is 156 Å². The molecule has 0 fully saturated rings. The Bertz CT molecular complexity index is 753. The number of ether oxygens (including phenoxy) is 2. The van der Waals surface area contributed by atoms with Crippen molar-refractivity contribution in [2.45, 2.75) is 0 Å². The summed E-state index contributed by atoms with van der Waals surface area (Å²) in [6, 6.07) is 5.65. The first-order chi connectivity index (χ1) is 13.1. The zero-order chi connectivity index (χ0) is 19.6. The number of nitrogen functional groups attached to an aromatic ring is 1. The Morgan fingerprint density at radius 1 is 1.19 bits per heavy atom. The van der Waals surface area contributed by atoms with E-state index in [1.165, 1.54) is 24.5 Å². The predicted octanol–water partition coefficient (Wildman–Crippen LogP) is 1.05. The van der Waals surface area contributed by atoms with Gasteiger partial charge in [-0.25, -0.2) is 14.4 Å². The first-order valence-electron chi connectivity index (χ1n) is 8.22. The molecule has 27 heavy (non-hydrogen) atoms. The van der Waals surface area contributed by atoms with Gasteiger partial charge in [0.2, 0.25) is 0 Å². The van der Waals surface area contributed by atoms with Crippen LogP contribution in [0.5, 0.6) is 0 Å². The molecule has 9 nitrogen and oxygen atoms in total. The van der Waals surface area contributed by atoms with Crippen molar-refractivity contribution in [2.75, 3.05) is 56.6 Å². The fourth-order valence-electron chi connectivity index (χ4n) is 2.29. The molecule has 10 heteroatoms. The Morgan fingerprint density at radius 3 is 2.48 bits per heavy atom. The molecule has 0 aliphatic heterocycles. The molecule has 0 radical (unpaired) electrons. The highest BCUT2D eigenvalue weighted by Gasteiger charge is 2.16. The second-order valence-corrected chi connectivity index (χ2v) is 5.49. The van der Waals surface area contributed by atoms with Gasteiger partial charge in [0.1, 0.15) is 17.8 Å². The number of nitrogens with zero attached hydrogens (tertiary/aromatic N) is 3. The van der Waals surface area contributed by atoms with Gasteiger partial charge >= 0.3 is 0 Å². The maximum absolute atomic E-state index is 13.7. The smallest absolute Gasteiger partial charge is 0.272 e. The number of amides is 1. The van der Waals surface area contributed by atoms with Crippen LogP contribution >= 0.6 is 0 Å². The molecule has 4 N–H and O–H groups in total. The van der Waals surface area contributed by atoms with E-state index < -0.39 is 11.7 Å². The summed E-state index contributed by atoms with van der Waals surface area (Å²) < 4.78 is 23.9. The normalized spacial score (nSPS) is 10.5. The van der Waals surface area contributed by atoms with Crippen molar-refractivity contribution in [1.82, 2.24) is 15.4 Å². The number of halogens is 1. The molecule has 0 saturated heterocycles. The van der Waals surface area contributed by atoms with Crippen molar-refractivity contribution in [3.63, 3.8) is 0 Å². The van der Waals surface area contributed by atoms with Gasteiger partial charge in [-0.1, -0.05) is 12.1 Å². The van der Waals surface area contributed by atoms with Gasteiger partial charge in [-0.15, -0.1) is 0 Å². The average molecular weight is 378 g/mol. The van der Waals surface area contributed by atoms with Gasteiger partial charge in [-0.05, 0) is 12.1 Å². The quantitative estimate of drug-likeness (QED) is 0.526. The van der Waals surface area contributed by atoms with Gasteiger partial charge in [0, 0.05) is 27.3 Å². The van der Waals surface area contributed by atoms with E-state index in [0.29, 0.717) is 32.1 Å². The number of nitrogens with two attached hydrogens (primary N) is 1. The van der Waals surface area contributed by atoms with Crippen molar-refractivity contribution in [3.05, 3.63) is 42.0 Å². The minimum absolute atomic E-state index is 0.0975. The highest BCUT2D eigenvalue weighted by Crippen LogP contribution is 2.25. The molecule has 1 aromatic carbocycles. The summed E-state index contributed by atoms with van der Waals surface area (Å²) in [7, 11) is 3.20. The third-order valence-electron chi connectivity index (χ3n) is 3.71. The summed E-state index contributed by atoms with van der Waals surface area (Å²) >= 11 is 0. The lowest BCUT2D eigenvalue weighted by Crippen LogP contribution is -2.34. The molecule has 0 saturated carbocycles. The van der Waals surface area contributed by atoms with Gasteiger partial charge in [0.25, 0.3) is 5.91 Å². The second kappa shape index (κ2) is 10.2. The molecule has 0 unspecified atom stereocenters. The van der Waals surface area contributed by atoms with Crippen molar-refractivity contribution in [2.24, 2.45) is 0 Å². The Morgan fingerprint density at radius 2 is 1.85 bits per heavy atom. The summed E-state index contributed by atoms with van der Waals surface area (Å²) in [5.41, 5.74) is 11.3. The third kappa shape index (κ3) is 5.50. The molecule has 1 amide bonds. The molecule has 0 bridgehead atoms. The molecular formula is C17H23FN6O3. The molecule has 1 aromatic heterocycles. The first kappa shape index (κ1) is 20.3. The summed E-state index contributed by atoms with van der Waals surface area (Å²) in [4.78, 5) is 22.2. The molecule has 0 spiro atoms. The van der Waals surface area contributed by atoms with Gasteiger partial charge in [0.15, 0.2) is 11.6 Å². The molecule has 0 aliphatic carbocycles. The summed E-state index contributed by atoms with van der Waals surface area (Å²) in [5, 5.41) is 0. The number of benzene rings is 1. The summed E-state index contributed by atoms with van der Waals surface area (Å²) in [5.74, 6) is -0.604. The lowest BCUT2D eigenvalue weighted by atomic mass is 10.2. The fourth-order valence-corrected chi connectivity index (χ4v) is 2.29. The minimum atomic E-state index is -0.650. The number of aromatic nitrogens is 2. The lowest BCUT2D eigenvalue weighted by molar-refractivity contribution is 0.0958. The maximum atomic E-state index is 13.7. The van der Waals surface area contributed by atoms with Crippen LogP contribution in [-0.2, 0) is 9.47 Å². The van der Waals surface area contributed by atoms with Crippen molar-refractivity contribution >= 4 is 23.2 Å². The molecule has 1 heterocycles. The summed E-state index contributed by atoms with van der Waals surface area (Å²) in [6.45, 7) is 2.03. The lowest BCUT2D eigenvalue weighted by Gasteiger charge is -2.25. The molecule has 146 valence electrons. The predicted molar refractivity (Wildman–Crippen MR) is 99.9 cm³/mol. The average Bonchev–Trinajstić information content (AvgIpc) is 2.68. The number of hydrogen-bond acceptors (Lipinski definition) is 8. The van der Waals surface area contributed by atoms with E-state index in [1.54, 1.807) is 20.3 Å². The Hall–Kier alpha value is -2.98. The van der Waals surface area contributed by atoms with Crippen LogP contribution in [0.15, 0.2) is 30.6 Å². The molecule has 0 atom stereocenters. The van der Waals surface area contributed by atoms with Crippen molar-refractivity contribution < 1.29 is 18.7 Å². The zero-order valence-electron chi connectivity index (χ0n) is 15.2. The van der Waals surface area contributed by atoms with E-state index in [0.717, 1.165) is 0 Å². The van der Waals surface area contributed by atoms with Crippen LogP contribution < -0.4 is 21.5 Å². The Kier molecular flexibility index (Phi) is 7.71. The minimum Gasteiger partial charge on any atom is -0.393 e. The fraction of sp³-hybridized carbons (Fsp3) is 0.353. The van der Waals surface area contributed by atoms with E-state index in [9.17, 15) is 9.18 Å². The number of nitrogens with one attached hydrogen (secondary N) is 2. The topological polar surface area (TPSA) is 115 Å². The summed E-state index contributed by atoms with van der Waals surface area (Å²) in [6.07, 6.45) is 1.32. The largest absolute Gasteiger partial charge is 0.393 e. The zero-order valence-corrected chi connectivity index (χ0v) is 15.2. The van der Waals surface area contributed by atoms with Crippen LogP contribution in [0.4, 0.5) is 21.7 Å². The number of rotatable bonds is 10. The number of methoxy groups -OCH3 is 2. The second-order valence-electron chi connectivity index (χ2n) is 5.49. The van der Waals surface area contributed by atoms with Crippen LogP contribution in [0, 0.1) is 5.82 Å². The van der Waals surface area contributed by atoms with Crippen molar-refractivity contribution in [1.29, 1.82) is 0 Å². The van der Waals surface area contributed by atoms with Gasteiger partial charge < -0.3 is 20.1 Å². The van der Waals surface area contributed by atoms with E-state index in [1.807, 2.05) is 4.90 Å². The van der Waals surface area contributed by atoms with Crippen LogP contribution in [0.25, 0.3) is 0 Å². The van der Waals surface area contributed by atoms with Crippen LogP contribution in [0.3, 0.4) is 0 Å². The van der Waals surface area contributed by atoms with Crippen molar-refractivity contribution in [3.8, 4) is 0 Å². The van der Waals surface area contributed by atoms with E-state index in [4.69, 9.17) is 15.2 Å². The van der Waals surface area contributed by atoms with Gasteiger partial charge in [-0.2, -0.15) is 0 Å². The van der Waals surface area contributed by atoms with Gasteiger partial charge in [-0.3, -0.25) is 15.6 Å². The number of anilines is 3. The number of hydrazine groups is 1. The number of carbonyl (C=O) groups is 1. The van der Waals surface area contributed by atoms with E-state index in [2.05, 4.69) is 20.8 Å². The maximum Gasteiger partial charge on any atom is 0.272 e. The number of carbonyl (C=O) groups excluding carboxylic acids is 1. The highest BCUT2D eigenvalue weighted by molar-refractivity contribution is 5.95. The van der Waals surface area contributed by atoms with Crippen LogP contribution in [0.2, 0.25) is 0 Å². The van der Waals surface area contributed by atoms with E-state index >= 15 is 0 Å². The molecular weight excluding hydrogens is 355 g/mol. The standard InChI is InChI=1S/C17H23FN6O3/c1-26-9-7-24(8-10-27-2)16-14(19)15(20-11-21-16)22-23-17(25)12-5-3-4-6-13(12)18/h3-6,11H,7-10,19H2,1-2H3,(H,23,25)(H,20,21,22). The Balaban J connectivity index is 2.12. The van der Waals surface area contributed by atoms with E-state index in [-0.39, 0.29) is 17.1 Å². The highest BCUT2D eigenvalue weighted by atomic mass is 19.1. The molecule has 2 aromatic rings. The molecule has 2 rings (SSSR count). The monoisotopic (exact) mass is 378 g/mol. The molecule has 0 aliphatic rings. The van der Waals surface area contributed by atoms with Crippen LogP contribution in [0.1, 0.15) is 10.4 Å². The number of hydrogen-bond donors (Lipinski definition) is 3. The third-order valence-corrected chi connectivity index (χ3v) is 3.71. The first-order valence-corrected chi connectivity index (χ1v) is 8.22. The van der Waals surface area contributed by atoms with Gasteiger partial charge in [0.05, 0.1) is 18.8 Å². The SMILES string of the molecule is COCCN(CCOC)c1ncnc(NNC(=O)c2ccccc2F)c1N. The van der Waals surface area contributed by atoms with Crippen LogP contribution in [-0.4, -0.2) is 56.4 Å².